The molecule has 0 aliphatic rings. The molecule has 0 bridgehead atoms. The molecule has 0 aliphatic heterocycles. The van der Waals surface area contributed by atoms with Crippen molar-refractivity contribution in [2.45, 2.75) is 26.7 Å². The summed E-state index contributed by atoms with van der Waals surface area (Å²) in [6.45, 7) is 3.94. The predicted octanol–water partition coefficient (Wildman–Crippen LogP) is 3.93. The number of anilines is 1. The third-order valence-electron chi connectivity index (χ3n) is 3.73. The molecular formula is C19H20BrN3O2. The Balaban J connectivity index is 1.76. The van der Waals surface area contributed by atoms with Crippen molar-refractivity contribution < 1.29 is 9.59 Å². The number of aryl methyl sites for hydroxylation is 1. The highest BCUT2D eigenvalue weighted by Crippen LogP contribution is 2.18. The summed E-state index contributed by atoms with van der Waals surface area (Å²) in [6.07, 6.45) is 1.74. The van der Waals surface area contributed by atoms with Gasteiger partial charge in [0.25, 0.3) is 0 Å². The third kappa shape index (κ3) is 6.15. The van der Waals surface area contributed by atoms with Crippen LogP contribution in [0.3, 0.4) is 0 Å². The molecule has 0 heterocycles. The van der Waals surface area contributed by atoms with E-state index in [-0.39, 0.29) is 24.7 Å². The lowest BCUT2D eigenvalue weighted by molar-refractivity contribution is -0.124. The van der Waals surface area contributed by atoms with Crippen LogP contribution in [0.1, 0.15) is 29.5 Å². The number of hydrogen-bond donors (Lipinski definition) is 2. The summed E-state index contributed by atoms with van der Waals surface area (Å²) >= 11 is 3.35. The van der Waals surface area contributed by atoms with Gasteiger partial charge in [-0.15, -0.1) is 0 Å². The van der Waals surface area contributed by atoms with E-state index in [1.807, 2.05) is 56.3 Å². The van der Waals surface area contributed by atoms with E-state index >= 15 is 0 Å². The number of benzene rings is 2. The van der Waals surface area contributed by atoms with E-state index in [0.717, 1.165) is 26.9 Å². The number of amides is 2. The van der Waals surface area contributed by atoms with Gasteiger partial charge >= 0.3 is 0 Å². The Bertz CT molecular complexity index is 786. The van der Waals surface area contributed by atoms with Crippen LogP contribution in [0.4, 0.5) is 5.69 Å². The van der Waals surface area contributed by atoms with Crippen LogP contribution in [0.25, 0.3) is 0 Å². The van der Waals surface area contributed by atoms with Crippen molar-refractivity contribution in [1.29, 1.82) is 0 Å². The van der Waals surface area contributed by atoms with Gasteiger partial charge in [-0.25, -0.2) is 5.43 Å². The molecule has 0 unspecified atom stereocenters. The second-order valence-electron chi connectivity index (χ2n) is 5.64. The summed E-state index contributed by atoms with van der Waals surface area (Å²) in [5.74, 6) is -0.495. The number of hydrazone groups is 1. The Labute approximate surface area is 155 Å². The van der Waals surface area contributed by atoms with E-state index in [2.05, 4.69) is 31.8 Å². The molecule has 0 fully saturated rings. The third-order valence-corrected chi connectivity index (χ3v) is 4.26. The molecule has 0 saturated heterocycles. The van der Waals surface area contributed by atoms with Crippen LogP contribution in [0.5, 0.6) is 0 Å². The van der Waals surface area contributed by atoms with Crippen molar-refractivity contribution in [3.63, 3.8) is 0 Å². The summed E-state index contributed by atoms with van der Waals surface area (Å²) in [4.78, 5) is 23.7. The average molecular weight is 402 g/mol. The van der Waals surface area contributed by atoms with E-state index < -0.39 is 0 Å². The largest absolute Gasteiger partial charge is 0.326 e. The molecule has 130 valence electrons. The summed E-state index contributed by atoms with van der Waals surface area (Å²) in [7, 11) is 0. The lowest BCUT2D eigenvalue weighted by atomic mass is 10.1. The normalized spacial score (nSPS) is 10.7. The number of hydrogen-bond acceptors (Lipinski definition) is 3. The second kappa shape index (κ2) is 9.13. The summed E-state index contributed by atoms with van der Waals surface area (Å²) in [5, 5.41) is 6.72. The molecule has 0 radical (unpaired) electrons. The number of rotatable bonds is 6. The maximum absolute atomic E-state index is 12.0. The van der Waals surface area contributed by atoms with Crippen LogP contribution in [0.15, 0.2) is 52.0 Å². The van der Waals surface area contributed by atoms with Crippen LogP contribution in [0.2, 0.25) is 0 Å². The fourth-order valence-corrected chi connectivity index (χ4v) is 2.37. The average Bonchev–Trinajstić information content (AvgIpc) is 2.59. The van der Waals surface area contributed by atoms with Crippen LogP contribution in [-0.2, 0) is 9.59 Å². The molecule has 2 amide bonds. The Morgan fingerprint density at radius 1 is 1.04 bits per heavy atom. The van der Waals surface area contributed by atoms with Gasteiger partial charge in [-0.3, -0.25) is 9.59 Å². The fraction of sp³-hybridized carbons (Fsp3) is 0.211. The maximum Gasteiger partial charge on any atom is 0.240 e. The highest BCUT2D eigenvalue weighted by molar-refractivity contribution is 9.10. The van der Waals surface area contributed by atoms with Gasteiger partial charge < -0.3 is 5.32 Å². The molecule has 0 saturated carbocycles. The van der Waals surface area contributed by atoms with Crippen LogP contribution >= 0.6 is 15.9 Å². The van der Waals surface area contributed by atoms with E-state index in [1.54, 1.807) is 6.21 Å². The topological polar surface area (TPSA) is 70.6 Å². The van der Waals surface area contributed by atoms with Crippen molar-refractivity contribution >= 4 is 39.6 Å². The van der Waals surface area contributed by atoms with Crippen molar-refractivity contribution in [3.8, 4) is 0 Å². The Morgan fingerprint density at radius 2 is 1.72 bits per heavy atom. The first-order valence-corrected chi connectivity index (χ1v) is 8.68. The minimum absolute atomic E-state index is 0.0778. The quantitative estimate of drug-likeness (QED) is 0.568. The Hall–Kier alpha value is -2.47. The number of halogens is 1. The van der Waals surface area contributed by atoms with Gasteiger partial charge in [-0.1, -0.05) is 40.2 Å². The van der Waals surface area contributed by atoms with Gasteiger partial charge in [0.15, 0.2) is 0 Å². The van der Waals surface area contributed by atoms with Gasteiger partial charge in [-0.05, 0) is 48.7 Å². The van der Waals surface area contributed by atoms with Crippen molar-refractivity contribution in [3.05, 3.63) is 63.6 Å². The molecule has 25 heavy (non-hydrogen) atoms. The molecule has 2 aromatic rings. The number of nitrogens with zero attached hydrogens (tertiary/aromatic N) is 1. The minimum atomic E-state index is -0.301. The van der Waals surface area contributed by atoms with E-state index in [1.165, 1.54) is 0 Å². The maximum atomic E-state index is 12.0. The van der Waals surface area contributed by atoms with E-state index in [4.69, 9.17) is 0 Å². The van der Waals surface area contributed by atoms with Crippen LogP contribution in [0, 0.1) is 13.8 Å². The Morgan fingerprint density at radius 3 is 2.44 bits per heavy atom. The number of carbonyl (C=O) groups excluding carboxylic acids is 2. The zero-order valence-electron chi connectivity index (χ0n) is 14.2. The zero-order valence-corrected chi connectivity index (χ0v) is 15.8. The standard InChI is InChI=1S/C19H20BrN3O2/c1-13-4-3-5-17(14(13)2)22-18(24)10-11-19(25)23-21-12-15-6-8-16(20)9-7-15/h3-9,12H,10-11H2,1-2H3,(H,22,24)(H,23,25)/b21-12+. The van der Waals surface area contributed by atoms with Gasteiger partial charge in [-0.2, -0.15) is 5.10 Å². The summed E-state index contributed by atoms with van der Waals surface area (Å²) in [6, 6.07) is 13.3. The fourth-order valence-electron chi connectivity index (χ4n) is 2.11. The summed E-state index contributed by atoms with van der Waals surface area (Å²) < 4.78 is 0.976. The highest BCUT2D eigenvalue weighted by Gasteiger charge is 2.08. The van der Waals surface area contributed by atoms with E-state index in [0.29, 0.717) is 0 Å². The van der Waals surface area contributed by atoms with Gasteiger partial charge in [0.1, 0.15) is 0 Å². The van der Waals surface area contributed by atoms with E-state index in [9.17, 15) is 9.59 Å². The molecule has 6 heteroatoms. The van der Waals surface area contributed by atoms with Crippen LogP contribution in [-0.4, -0.2) is 18.0 Å². The highest BCUT2D eigenvalue weighted by atomic mass is 79.9. The second-order valence-corrected chi connectivity index (χ2v) is 6.56. The smallest absolute Gasteiger partial charge is 0.240 e. The molecule has 0 aromatic heterocycles. The molecule has 0 atom stereocenters. The van der Waals surface area contributed by atoms with Gasteiger partial charge in [0, 0.05) is 23.0 Å². The zero-order chi connectivity index (χ0) is 18.2. The van der Waals surface area contributed by atoms with Crippen molar-refractivity contribution in [2.75, 3.05) is 5.32 Å². The molecule has 2 aromatic carbocycles. The van der Waals surface area contributed by atoms with Crippen molar-refractivity contribution in [1.82, 2.24) is 5.43 Å². The van der Waals surface area contributed by atoms with Gasteiger partial charge in [0.2, 0.25) is 11.8 Å². The first kappa shape index (κ1) is 18.9. The van der Waals surface area contributed by atoms with Crippen LogP contribution < -0.4 is 10.7 Å². The minimum Gasteiger partial charge on any atom is -0.326 e. The molecule has 0 aliphatic carbocycles. The lowest BCUT2D eigenvalue weighted by Crippen LogP contribution is -2.21. The Kier molecular flexibility index (Phi) is 6.89. The summed E-state index contributed by atoms with van der Waals surface area (Å²) in [5.41, 5.74) is 6.21. The molecule has 5 nitrogen and oxygen atoms in total. The monoisotopic (exact) mass is 401 g/mol. The molecular weight excluding hydrogens is 382 g/mol. The lowest BCUT2D eigenvalue weighted by Gasteiger charge is -2.10. The molecule has 0 spiro atoms. The number of carbonyl (C=O) groups is 2. The predicted molar refractivity (Wildman–Crippen MR) is 104 cm³/mol. The van der Waals surface area contributed by atoms with Crippen molar-refractivity contribution in [2.24, 2.45) is 5.10 Å². The SMILES string of the molecule is Cc1cccc(NC(=O)CCC(=O)N/N=C/c2ccc(Br)cc2)c1C. The first-order valence-electron chi connectivity index (χ1n) is 7.89. The first-order chi connectivity index (χ1) is 12.0. The number of nitrogens with one attached hydrogen (secondary N) is 2. The molecule has 2 rings (SSSR count). The molecule has 2 N–H and O–H groups in total. The van der Waals surface area contributed by atoms with Gasteiger partial charge in [0.05, 0.1) is 6.21 Å².